The van der Waals surface area contributed by atoms with Gasteiger partial charge in [-0.3, -0.25) is 9.56 Å². The van der Waals surface area contributed by atoms with Gasteiger partial charge in [0.05, 0.1) is 13.2 Å². The van der Waals surface area contributed by atoms with Crippen LogP contribution in [-0.2, 0) is 13.6 Å². The molecule has 0 N–H and O–H groups in total. The molecule has 5 heteroatoms. The first-order valence-corrected chi connectivity index (χ1v) is 6.20. The third kappa shape index (κ3) is 2.63. The van der Waals surface area contributed by atoms with Crippen molar-refractivity contribution in [3.63, 3.8) is 0 Å². The average molecular weight is 205 g/mol. The molecular weight excluding hydrogens is 189 g/mol. The van der Waals surface area contributed by atoms with E-state index in [0.717, 1.165) is 19.4 Å². The zero-order valence-electron chi connectivity index (χ0n) is 8.15. The molecule has 0 saturated heterocycles. The van der Waals surface area contributed by atoms with Gasteiger partial charge in [0, 0.05) is 6.54 Å². The van der Waals surface area contributed by atoms with E-state index >= 15 is 0 Å². The molecule has 0 radical (unpaired) electrons. The molecule has 1 rings (SSSR count). The Morgan fingerprint density at radius 3 is 2.38 bits per heavy atom. The van der Waals surface area contributed by atoms with Gasteiger partial charge >= 0.3 is 7.60 Å². The van der Waals surface area contributed by atoms with Crippen LogP contribution in [0.5, 0.6) is 0 Å². The second kappa shape index (κ2) is 4.89. The van der Waals surface area contributed by atoms with E-state index in [1.807, 2.05) is 0 Å². The standard InChI is InChI=1S/C8H16NO3P/c1-3-11-13(10,12-4-2)8-6-5-7-9-8/h3-7H2,1-2H3. The molecule has 1 heterocycles. The molecular formula is C8H16NO3P. The van der Waals surface area contributed by atoms with Crippen molar-refractivity contribution in [2.24, 2.45) is 4.99 Å². The molecule has 0 amide bonds. The Labute approximate surface area is 78.9 Å². The van der Waals surface area contributed by atoms with E-state index in [4.69, 9.17) is 9.05 Å². The summed E-state index contributed by atoms with van der Waals surface area (Å²) >= 11 is 0. The molecule has 0 aromatic carbocycles. The lowest BCUT2D eigenvalue weighted by Crippen LogP contribution is -2.04. The van der Waals surface area contributed by atoms with Gasteiger partial charge < -0.3 is 9.05 Å². The van der Waals surface area contributed by atoms with Crippen LogP contribution in [0.25, 0.3) is 0 Å². The molecule has 0 aromatic heterocycles. The fourth-order valence-electron chi connectivity index (χ4n) is 1.27. The molecule has 1 aliphatic rings. The predicted molar refractivity (Wildman–Crippen MR) is 52.4 cm³/mol. The molecule has 0 spiro atoms. The van der Waals surface area contributed by atoms with E-state index < -0.39 is 7.60 Å². The summed E-state index contributed by atoms with van der Waals surface area (Å²) in [6, 6.07) is 0. The third-order valence-electron chi connectivity index (χ3n) is 1.77. The molecule has 0 aliphatic carbocycles. The summed E-state index contributed by atoms with van der Waals surface area (Å²) < 4.78 is 22.4. The molecule has 0 atom stereocenters. The molecule has 1 aliphatic heterocycles. The molecule has 0 aromatic rings. The van der Waals surface area contributed by atoms with Crippen LogP contribution in [0.15, 0.2) is 4.99 Å². The predicted octanol–water partition coefficient (Wildman–Crippen LogP) is 2.44. The van der Waals surface area contributed by atoms with E-state index in [1.165, 1.54) is 0 Å². The van der Waals surface area contributed by atoms with Gasteiger partial charge in [-0.15, -0.1) is 0 Å². The molecule has 0 fully saturated rings. The van der Waals surface area contributed by atoms with Crippen molar-refractivity contribution in [2.75, 3.05) is 19.8 Å². The summed E-state index contributed by atoms with van der Waals surface area (Å²) in [5.74, 6) is 0. The largest absolute Gasteiger partial charge is 0.374 e. The van der Waals surface area contributed by atoms with Crippen LogP contribution >= 0.6 is 7.60 Å². The highest BCUT2D eigenvalue weighted by Gasteiger charge is 2.32. The minimum absolute atomic E-state index is 0.399. The van der Waals surface area contributed by atoms with Gasteiger partial charge in [-0.25, -0.2) is 0 Å². The quantitative estimate of drug-likeness (QED) is 0.647. The average Bonchev–Trinajstić information content (AvgIpc) is 2.57. The van der Waals surface area contributed by atoms with Gasteiger partial charge in [0.25, 0.3) is 0 Å². The minimum atomic E-state index is -3.02. The molecule has 76 valence electrons. The number of nitrogens with zero attached hydrogens (tertiary/aromatic N) is 1. The first kappa shape index (κ1) is 10.9. The molecule has 0 saturated carbocycles. The van der Waals surface area contributed by atoms with Crippen LogP contribution in [-0.4, -0.2) is 25.2 Å². The van der Waals surface area contributed by atoms with Crippen LogP contribution in [0.1, 0.15) is 26.7 Å². The summed E-state index contributed by atoms with van der Waals surface area (Å²) in [5, 5.41) is 0. The smallest absolute Gasteiger partial charge is 0.305 e. The molecule has 13 heavy (non-hydrogen) atoms. The van der Waals surface area contributed by atoms with E-state index in [1.54, 1.807) is 13.8 Å². The maximum absolute atomic E-state index is 12.0. The van der Waals surface area contributed by atoms with E-state index in [0.29, 0.717) is 18.7 Å². The zero-order chi connectivity index (χ0) is 9.73. The summed E-state index contributed by atoms with van der Waals surface area (Å²) in [6.07, 6.45) is 1.71. The van der Waals surface area contributed by atoms with Gasteiger partial charge in [0.15, 0.2) is 0 Å². The second-order valence-corrected chi connectivity index (χ2v) is 4.76. The lowest BCUT2D eigenvalue weighted by molar-refractivity contribution is 0.232. The Hall–Kier alpha value is -0.180. The van der Waals surface area contributed by atoms with Crippen molar-refractivity contribution < 1.29 is 13.6 Å². The van der Waals surface area contributed by atoms with Crippen LogP contribution in [0.2, 0.25) is 0 Å². The number of aliphatic imine (C=N–C) groups is 1. The number of hydrogen-bond donors (Lipinski definition) is 0. The number of hydrogen-bond acceptors (Lipinski definition) is 4. The lowest BCUT2D eigenvalue weighted by atomic mass is 10.4. The topological polar surface area (TPSA) is 47.9 Å². The van der Waals surface area contributed by atoms with Crippen molar-refractivity contribution in [1.82, 2.24) is 0 Å². The summed E-state index contributed by atoms with van der Waals surface area (Å²) in [6.45, 7) is 5.16. The van der Waals surface area contributed by atoms with Crippen molar-refractivity contribution in [1.29, 1.82) is 0 Å². The van der Waals surface area contributed by atoms with Crippen LogP contribution in [0.4, 0.5) is 0 Å². The maximum atomic E-state index is 12.0. The first-order valence-electron chi connectivity index (χ1n) is 4.66. The lowest BCUT2D eigenvalue weighted by Gasteiger charge is -2.16. The fraction of sp³-hybridized carbons (Fsp3) is 0.875. The molecule has 0 unspecified atom stereocenters. The van der Waals surface area contributed by atoms with Crippen LogP contribution in [0.3, 0.4) is 0 Å². The Kier molecular flexibility index (Phi) is 4.10. The van der Waals surface area contributed by atoms with Crippen molar-refractivity contribution >= 4 is 13.0 Å². The first-order chi connectivity index (χ1) is 6.23. The van der Waals surface area contributed by atoms with Crippen LogP contribution in [0, 0.1) is 0 Å². The summed E-state index contributed by atoms with van der Waals surface area (Å²) in [7, 11) is -3.02. The zero-order valence-corrected chi connectivity index (χ0v) is 9.05. The van der Waals surface area contributed by atoms with Crippen molar-refractivity contribution in [2.45, 2.75) is 26.7 Å². The van der Waals surface area contributed by atoms with Gasteiger partial charge in [-0.2, -0.15) is 0 Å². The third-order valence-corrected chi connectivity index (χ3v) is 3.96. The normalized spacial score (nSPS) is 17.5. The minimum Gasteiger partial charge on any atom is -0.305 e. The second-order valence-electron chi connectivity index (χ2n) is 2.73. The highest BCUT2D eigenvalue weighted by Crippen LogP contribution is 2.52. The van der Waals surface area contributed by atoms with E-state index in [9.17, 15) is 4.57 Å². The van der Waals surface area contributed by atoms with Gasteiger partial charge in [-0.05, 0) is 26.7 Å². The monoisotopic (exact) mass is 205 g/mol. The Morgan fingerprint density at radius 1 is 1.38 bits per heavy atom. The highest BCUT2D eigenvalue weighted by atomic mass is 31.2. The maximum Gasteiger partial charge on any atom is 0.374 e. The van der Waals surface area contributed by atoms with Crippen LogP contribution < -0.4 is 0 Å². The molecule has 0 bridgehead atoms. The van der Waals surface area contributed by atoms with Crippen molar-refractivity contribution in [3.05, 3.63) is 0 Å². The number of rotatable bonds is 5. The Balaban J connectivity index is 2.70. The fourth-order valence-corrected chi connectivity index (χ4v) is 3.03. The van der Waals surface area contributed by atoms with Gasteiger partial charge in [0.2, 0.25) is 0 Å². The van der Waals surface area contributed by atoms with Crippen molar-refractivity contribution in [3.8, 4) is 0 Å². The Bertz CT molecular complexity index is 230. The van der Waals surface area contributed by atoms with E-state index in [-0.39, 0.29) is 0 Å². The van der Waals surface area contributed by atoms with Gasteiger partial charge in [0.1, 0.15) is 5.45 Å². The Morgan fingerprint density at radius 2 is 2.00 bits per heavy atom. The molecule has 4 nitrogen and oxygen atoms in total. The van der Waals surface area contributed by atoms with E-state index in [2.05, 4.69) is 4.99 Å². The summed E-state index contributed by atoms with van der Waals surface area (Å²) in [4.78, 5) is 4.15. The summed E-state index contributed by atoms with van der Waals surface area (Å²) in [5.41, 5.74) is 0.621. The highest BCUT2D eigenvalue weighted by molar-refractivity contribution is 7.72. The van der Waals surface area contributed by atoms with Gasteiger partial charge in [-0.1, -0.05) is 0 Å². The SMILES string of the molecule is CCOP(=O)(OCC)C1=NCCC1.